The zero-order valence-electron chi connectivity index (χ0n) is 17.1. The summed E-state index contributed by atoms with van der Waals surface area (Å²) < 4.78 is 27.9. The highest BCUT2D eigenvalue weighted by Crippen LogP contribution is 2.28. The van der Waals surface area contributed by atoms with Gasteiger partial charge in [-0.1, -0.05) is 36.7 Å². The summed E-state index contributed by atoms with van der Waals surface area (Å²) in [6, 6.07) is 20.6. The van der Waals surface area contributed by atoms with Crippen molar-refractivity contribution in [3.8, 4) is 0 Å². The number of benzene rings is 3. The van der Waals surface area contributed by atoms with Crippen LogP contribution < -0.4 is 10.0 Å². The van der Waals surface area contributed by atoms with Gasteiger partial charge in [0.25, 0.3) is 10.0 Å². The molecule has 3 rings (SSSR count). The van der Waals surface area contributed by atoms with Crippen molar-refractivity contribution in [1.29, 1.82) is 0 Å². The smallest absolute Gasteiger partial charge is 0.261 e. The average Bonchev–Trinajstić information content (AvgIpc) is 2.75. The molecule has 1 atom stereocenters. The number of hydrogen-bond donors (Lipinski definition) is 2. The third-order valence-corrected chi connectivity index (χ3v) is 7.59. The van der Waals surface area contributed by atoms with Crippen LogP contribution in [0.5, 0.6) is 0 Å². The third-order valence-electron chi connectivity index (χ3n) is 4.58. The summed E-state index contributed by atoms with van der Waals surface area (Å²) in [7, 11) is -3.72. The first-order chi connectivity index (χ1) is 14.8. The van der Waals surface area contributed by atoms with Crippen molar-refractivity contribution in [2.45, 2.75) is 35.3 Å². The van der Waals surface area contributed by atoms with Gasteiger partial charge in [-0.2, -0.15) is 0 Å². The fourth-order valence-electron chi connectivity index (χ4n) is 2.83. The number of amides is 1. The lowest BCUT2D eigenvalue weighted by molar-refractivity contribution is -0.115. The van der Waals surface area contributed by atoms with Gasteiger partial charge in [0.05, 0.1) is 15.8 Å². The van der Waals surface area contributed by atoms with Crippen LogP contribution in [-0.2, 0) is 14.8 Å². The van der Waals surface area contributed by atoms with Crippen LogP contribution in [0.15, 0.2) is 82.6 Å². The molecule has 2 N–H and O–H groups in total. The summed E-state index contributed by atoms with van der Waals surface area (Å²) in [5.74, 6) is -0.143. The topological polar surface area (TPSA) is 75.3 Å². The molecule has 0 spiro atoms. The molecule has 0 unspecified atom stereocenters. The van der Waals surface area contributed by atoms with E-state index in [9.17, 15) is 13.2 Å². The first kappa shape index (κ1) is 23.2. The molecule has 5 nitrogen and oxygen atoms in total. The van der Waals surface area contributed by atoms with E-state index in [1.807, 2.05) is 38.1 Å². The Labute approximate surface area is 192 Å². The fourth-order valence-corrected chi connectivity index (χ4v) is 5.04. The van der Waals surface area contributed by atoms with E-state index in [-0.39, 0.29) is 16.1 Å². The molecule has 0 radical (unpaired) electrons. The lowest BCUT2D eigenvalue weighted by Crippen LogP contribution is -2.24. The zero-order chi connectivity index (χ0) is 22.4. The van der Waals surface area contributed by atoms with Crippen molar-refractivity contribution in [3.05, 3.63) is 83.4 Å². The molecule has 162 valence electrons. The second-order valence-corrected chi connectivity index (χ2v) is 10.3. The molecule has 0 aromatic heterocycles. The van der Waals surface area contributed by atoms with Gasteiger partial charge in [0.2, 0.25) is 5.91 Å². The van der Waals surface area contributed by atoms with E-state index in [1.54, 1.807) is 36.4 Å². The second kappa shape index (κ2) is 10.2. The number of carbonyl (C=O) groups is 1. The van der Waals surface area contributed by atoms with E-state index in [0.29, 0.717) is 22.8 Å². The normalized spacial score (nSPS) is 12.2. The number of anilines is 2. The van der Waals surface area contributed by atoms with Gasteiger partial charge in [-0.05, 0) is 73.5 Å². The fraction of sp³-hybridized carbons (Fsp3) is 0.174. The Kier molecular flexibility index (Phi) is 7.64. The van der Waals surface area contributed by atoms with Crippen molar-refractivity contribution in [1.82, 2.24) is 0 Å². The van der Waals surface area contributed by atoms with Gasteiger partial charge >= 0.3 is 0 Å². The number of aryl methyl sites for hydroxylation is 1. The molecule has 0 aliphatic rings. The Bertz CT molecular complexity index is 1150. The Morgan fingerprint density at radius 3 is 2.26 bits per heavy atom. The SMILES string of the molecule is CC[C@H](Sc1ccc(Cl)cc1)C(=O)Nc1ccc(S(=O)(=O)Nc2ccccc2C)cc1. The van der Waals surface area contributed by atoms with Gasteiger partial charge in [-0.15, -0.1) is 11.8 Å². The Morgan fingerprint density at radius 2 is 1.65 bits per heavy atom. The van der Waals surface area contributed by atoms with Crippen LogP contribution in [-0.4, -0.2) is 19.6 Å². The van der Waals surface area contributed by atoms with Gasteiger partial charge in [-0.25, -0.2) is 8.42 Å². The number of halogens is 1. The Balaban J connectivity index is 1.67. The van der Waals surface area contributed by atoms with Gasteiger partial charge in [-0.3, -0.25) is 9.52 Å². The van der Waals surface area contributed by atoms with Crippen LogP contribution in [0.4, 0.5) is 11.4 Å². The van der Waals surface area contributed by atoms with Crippen LogP contribution in [0.25, 0.3) is 0 Å². The van der Waals surface area contributed by atoms with E-state index in [2.05, 4.69) is 10.0 Å². The Hall–Kier alpha value is -2.48. The molecule has 31 heavy (non-hydrogen) atoms. The van der Waals surface area contributed by atoms with Crippen molar-refractivity contribution in [2.75, 3.05) is 10.0 Å². The van der Waals surface area contributed by atoms with Crippen LogP contribution >= 0.6 is 23.4 Å². The molecule has 0 heterocycles. The number of rotatable bonds is 8. The van der Waals surface area contributed by atoms with E-state index in [0.717, 1.165) is 10.5 Å². The largest absolute Gasteiger partial charge is 0.325 e. The predicted molar refractivity (Wildman–Crippen MR) is 128 cm³/mol. The molecule has 0 aliphatic heterocycles. The number of para-hydroxylation sites is 1. The molecular weight excluding hydrogens is 452 g/mol. The number of sulfonamides is 1. The number of hydrogen-bond acceptors (Lipinski definition) is 4. The molecule has 0 fully saturated rings. The van der Waals surface area contributed by atoms with Gasteiger partial charge < -0.3 is 5.32 Å². The van der Waals surface area contributed by atoms with Crippen molar-refractivity contribution in [3.63, 3.8) is 0 Å². The van der Waals surface area contributed by atoms with Crippen molar-refractivity contribution < 1.29 is 13.2 Å². The van der Waals surface area contributed by atoms with Gasteiger partial charge in [0.15, 0.2) is 0 Å². The monoisotopic (exact) mass is 474 g/mol. The molecule has 0 bridgehead atoms. The maximum absolute atomic E-state index is 12.7. The molecule has 0 aliphatic carbocycles. The highest BCUT2D eigenvalue weighted by molar-refractivity contribution is 8.00. The maximum Gasteiger partial charge on any atom is 0.261 e. The van der Waals surface area contributed by atoms with E-state index in [4.69, 9.17) is 11.6 Å². The molecular formula is C23H23ClN2O3S2. The van der Waals surface area contributed by atoms with Crippen LogP contribution in [0.1, 0.15) is 18.9 Å². The first-order valence-corrected chi connectivity index (χ1v) is 12.4. The van der Waals surface area contributed by atoms with E-state index >= 15 is 0 Å². The van der Waals surface area contributed by atoms with Crippen LogP contribution in [0.3, 0.4) is 0 Å². The molecule has 3 aromatic carbocycles. The van der Waals surface area contributed by atoms with E-state index < -0.39 is 10.0 Å². The lowest BCUT2D eigenvalue weighted by atomic mass is 10.2. The summed E-state index contributed by atoms with van der Waals surface area (Å²) >= 11 is 7.37. The highest BCUT2D eigenvalue weighted by atomic mass is 35.5. The maximum atomic E-state index is 12.7. The average molecular weight is 475 g/mol. The van der Waals surface area contributed by atoms with Gasteiger partial charge in [0, 0.05) is 15.6 Å². The van der Waals surface area contributed by atoms with Gasteiger partial charge in [0.1, 0.15) is 0 Å². The number of thioether (sulfide) groups is 1. The summed E-state index contributed by atoms with van der Waals surface area (Å²) in [6.45, 7) is 3.78. The number of nitrogens with one attached hydrogen (secondary N) is 2. The van der Waals surface area contributed by atoms with Crippen molar-refractivity contribution in [2.24, 2.45) is 0 Å². The molecule has 1 amide bonds. The summed E-state index contributed by atoms with van der Waals surface area (Å²) in [5.41, 5.74) is 1.90. The highest BCUT2D eigenvalue weighted by Gasteiger charge is 2.19. The Morgan fingerprint density at radius 1 is 1.00 bits per heavy atom. The summed E-state index contributed by atoms with van der Waals surface area (Å²) in [4.78, 5) is 13.8. The molecule has 3 aromatic rings. The van der Waals surface area contributed by atoms with Crippen molar-refractivity contribution >= 4 is 50.7 Å². The third kappa shape index (κ3) is 6.26. The minimum atomic E-state index is -3.72. The minimum Gasteiger partial charge on any atom is -0.325 e. The predicted octanol–water partition coefficient (Wildman–Crippen LogP) is 5.96. The summed E-state index contributed by atoms with van der Waals surface area (Å²) in [6.07, 6.45) is 0.645. The molecule has 0 saturated carbocycles. The standard InChI is InChI=1S/C23H23ClN2O3S2/c1-3-22(30-19-12-8-17(24)9-13-19)23(27)25-18-10-14-20(15-11-18)31(28,29)26-21-7-5-4-6-16(21)2/h4-15,22,26H,3H2,1-2H3,(H,25,27)/t22-/m0/s1. The van der Waals surface area contributed by atoms with Crippen LogP contribution in [0, 0.1) is 6.92 Å². The zero-order valence-corrected chi connectivity index (χ0v) is 19.5. The quantitative estimate of drug-likeness (QED) is 0.395. The van der Waals surface area contributed by atoms with E-state index in [1.165, 1.54) is 23.9 Å². The minimum absolute atomic E-state index is 0.122. The lowest BCUT2D eigenvalue weighted by Gasteiger charge is -2.15. The molecule has 0 saturated heterocycles. The first-order valence-electron chi connectivity index (χ1n) is 9.70. The van der Waals surface area contributed by atoms with Crippen LogP contribution in [0.2, 0.25) is 5.02 Å². The second-order valence-electron chi connectivity index (χ2n) is 6.90. The number of carbonyl (C=O) groups excluding carboxylic acids is 1. The molecule has 8 heteroatoms. The summed E-state index contributed by atoms with van der Waals surface area (Å²) in [5, 5.41) is 3.22.